The number of imide groups is 1. The first-order valence-corrected chi connectivity index (χ1v) is 18.3. The lowest BCUT2D eigenvalue weighted by Gasteiger charge is -2.23. The quantitative estimate of drug-likeness (QED) is 0.100. The minimum atomic E-state index is -0.943. The molecular weight excluding hydrogens is 666 g/mol. The molecule has 5 N–H and O–H groups in total. The van der Waals surface area contributed by atoms with Crippen molar-refractivity contribution in [2.24, 2.45) is 0 Å². The molecule has 17 nitrogen and oxygen atoms in total. The van der Waals surface area contributed by atoms with Crippen LogP contribution in [0.15, 0.2) is 0 Å². The molecule has 3 aliphatic heterocycles. The molecule has 0 radical (unpaired) electrons. The van der Waals surface area contributed by atoms with Gasteiger partial charge in [-0.05, 0) is 64.7 Å². The second-order valence-electron chi connectivity index (χ2n) is 12.8. The van der Waals surface area contributed by atoms with Gasteiger partial charge in [0.25, 0.3) is 11.8 Å². The van der Waals surface area contributed by atoms with E-state index in [1.165, 1.54) is 0 Å². The van der Waals surface area contributed by atoms with Crippen LogP contribution in [0, 0.1) is 0 Å². The molecule has 288 valence electrons. The smallest absolute Gasteiger partial charge is 0.334 e. The van der Waals surface area contributed by atoms with Crippen LogP contribution >= 0.6 is 0 Å². The number of hydroxylamine groups is 2. The fourth-order valence-electron chi connectivity index (χ4n) is 5.93. The SMILES string of the molecule is CCCCN1CCCC1C(=O)NCCC(=O)NCCC(=O)O.CCCCN1CCCC1C(=O)NCCC(=O)NCCC(=O)ON1C(=O)CCC1=O. The lowest BCUT2D eigenvalue weighted by molar-refractivity contribution is -0.197. The number of hydrogen-bond acceptors (Lipinski definition) is 11. The van der Waals surface area contributed by atoms with Crippen molar-refractivity contribution < 1.29 is 48.3 Å². The average Bonchev–Trinajstić information content (AvgIpc) is 3.84. The molecular formula is C34H57N7O10. The van der Waals surface area contributed by atoms with Gasteiger partial charge >= 0.3 is 11.9 Å². The van der Waals surface area contributed by atoms with Crippen LogP contribution in [-0.2, 0) is 43.2 Å². The van der Waals surface area contributed by atoms with E-state index in [-0.39, 0.29) is 100 Å². The Morgan fingerprint density at radius 2 is 1.10 bits per heavy atom. The van der Waals surface area contributed by atoms with E-state index in [2.05, 4.69) is 44.9 Å². The van der Waals surface area contributed by atoms with Gasteiger partial charge in [0.1, 0.15) is 0 Å². The summed E-state index contributed by atoms with van der Waals surface area (Å²) < 4.78 is 0. The Kier molecular flexibility index (Phi) is 20.4. The van der Waals surface area contributed by atoms with Crippen molar-refractivity contribution in [1.82, 2.24) is 36.1 Å². The summed E-state index contributed by atoms with van der Waals surface area (Å²) in [4.78, 5) is 102. The Balaban J connectivity index is 0.000000368. The van der Waals surface area contributed by atoms with Crippen LogP contribution in [0.2, 0.25) is 0 Å². The third-order valence-electron chi connectivity index (χ3n) is 8.74. The number of carbonyl (C=O) groups excluding carboxylic acids is 7. The summed E-state index contributed by atoms with van der Waals surface area (Å²) in [5, 5.41) is 19.6. The van der Waals surface area contributed by atoms with Crippen molar-refractivity contribution in [3.05, 3.63) is 0 Å². The average molecular weight is 724 g/mol. The summed E-state index contributed by atoms with van der Waals surface area (Å²) in [7, 11) is 0. The van der Waals surface area contributed by atoms with Gasteiger partial charge in [-0.3, -0.25) is 43.4 Å². The standard InChI is InChI=1S/C19H30N4O6.C15H27N3O4/c1-2-3-12-22-13-4-5-14(22)19(28)21-10-8-15(24)20-11-9-18(27)29-23-16(25)6-7-17(23)26;1-2-3-10-18-11-4-5-12(18)15(22)17-8-6-13(19)16-9-7-14(20)21/h14H,2-13H2,1H3,(H,20,24)(H,21,28);12H,2-11H2,1H3,(H,16,19)(H,17,22)(H,20,21). The fourth-order valence-corrected chi connectivity index (χ4v) is 5.93. The van der Waals surface area contributed by atoms with Crippen LogP contribution in [0.3, 0.4) is 0 Å². The van der Waals surface area contributed by atoms with E-state index >= 15 is 0 Å². The number of nitrogens with one attached hydrogen (secondary N) is 4. The normalized spacial score (nSPS) is 18.9. The zero-order chi connectivity index (χ0) is 37.6. The molecule has 3 rings (SSSR count). The lowest BCUT2D eigenvalue weighted by Crippen LogP contribution is -2.44. The number of rotatable bonds is 21. The minimum absolute atomic E-state index is 0.00746. The molecule has 2 unspecified atom stereocenters. The lowest BCUT2D eigenvalue weighted by atomic mass is 10.2. The summed E-state index contributed by atoms with van der Waals surface area (Å²) in [6.45, 7) is 8.68. The van der Waals surface area contributed by atoms with Crippen molar-refractivity contribution in [3.8, 4) is 0 Å². The second kappa shape index (κ2) is 24.1. The van der Waals surface area contributed by atoms with Crippen molar-refractivity contribution in [2.45, 2.75) is 116 Å². The number of nitrogens with zero attached hydrogens (tertiary/aromatic N) is 3. The number of carboxylic acid groups (broad SMARTS) is 1. The molecule has 0 spiro atoms. The number of amides is 6. The molecule has 0 aromatic carbocycles. The molecule has 0 aromatic rings. The predicted octanol–water partition coefficient (Wildman–Crippen LogP) is 0.219. The van der Waals surface area contributed by atoms with Gasteiger partial charge in [0.2, 0.25) is 23.6 Å². The number of hydrogen-bond donors (Lipinski definition) is 5. The summed E-state index contributed by atoms with van der Waals surface area (Å²) in [5.74, 6) is -3.40. The van der Waals surface area contributed by atoms with E-state index in [0.717, 1.165) is 77.5 Å². The highest BCUT2D eigenvalue weighted by Crippen LogP contribution is 2.19. The summed E-state index contributed by atoms with van der Waals surface area (Å²) in [6.07, 6.45) is 8.21. The van der Waals surface area contributed by atoms with Crippen molar-refractivity contribution >= 4 is 47.4 Å². The van der Waals surface area contributed by atoms with Gasteiger partial charge in [0, 0.05) is 51.9 Å². The number of aliphatic carboxylic acids is 1. The highest BCUT2D eigenvalue weighted by molar-refractivity contribution is 6.01. The first-order chi connectivity index (χ1) is 24.5. The van der Waals surface area contributed by atoms with Crippen LogP contribution in [0.25, 0.3) is 0 Å². The Bertz CT molecular complexity index is 1180. The van der Waals surface area contributed by atoms with Gasteiger partial charge in [0.15, 0.2) is 0 Å². The monoisotopic (exact) mass is 723 g/mol. The van der Waals surface area contributed by atoms with Crippen LogP contribution in [-0.4, -0.2) is 132 Å². The van der Waals surface area contributed by atoms with Crippen molar-refractivity contribution in [3.63, 3.8) is 0 Å². The van der Waals surface area contributed by atoms with E-state index in [1.807, 2.05) is 0 Å². The topological polar surface area (TPSA) is 224 Å². The third kappa shape index (κ3) is 16.6. The Hall–Kier alpha value is -4.12. The maximum absolute atomic E-state index is 12.3. The van der Waals surface area contributed by atoms with Gasteiger partial charge in [-0.1, -0.05) is 26.7 Å². The zero-order valence-electron chi connectivity index (χ0n) is 30.2. The van der Waals surface area contributed by atoms with Crippen LogP contribution in [0.1, 0.15) is 104 Å². The fraction of sp³-hybridized carbons (Fsp3) is 0.765. The second-order valence-corrected chi connectivity index (χ2v) is 12.8. The molecule has 3 heterocycles. The summed E-state index contributed by atoms with van der Waals surface area (Å²) in [6, 6.07) is -0.183. The number of carboxylic acids is 1. The number of likely N-dealkylation sites (tertiary alicyclic amines) is 2. The van der Waals surface area contributed by atoms with Gasteiger partial charge in [0.05, 0.1) is 24.9 Å². The Morgan fingerprint density at radius 3 is 1.53 bits per heavy atom. The Morgan fingerprint density at radius 1 is 0.667 bits per heavy atom. The molecule has 6 amide bonds. The number of unbranched alkanes of at least 4 members (excludes halogenated alkanes) is 2. The van der Waals surface area contributed by atoms with Gasteiger partial charge < -0.3 is 31.2 Å². The molecule has 2 atom stereocenters. The molecule has 3 aliphatic rings. The van der Waals surface area contributed by atoms with Crippen LogP contribution in [0.5, 0.6) is 0 Å². The van der Waals surface area contributed by atoms with E-state index in [1.54, 1.807) is 0 Å². The van der Waals surface area contributed by atoms with Gasteiger partial charge in [-0.25, -0.2) is 4.79 Å². The largest absolute Gasteiger partial charge is 0.481 e. The predicted molar refractivity (Wildman–Crippen MR) is 184 cm³/mol. The molecule has 0 bridgehead atoms. The summed E-state index contributed by atoms with van der Waals surface area (Å²) >= 11 is 0. The molecule has 0 aromatic heterocycles. The molecule has 3 saturated heterocycles. The molecule has 17 heteroatoms. The molecule has 0 saturated carbocycles. The highest BCUT2D eigenvalue weighted by atomic mass is 16.7. The summed E-state index contributed by atoms with van der Waals surface area (Å²) in [5.41, 5.74) is 0. The highest BCUT2D eigenvalue weighted by Gasteiger charge is 2.33. The van der Waals surface area contributed by atoms with Crippen molar-refractivity contribution in [1.29, 1.82) is 0 Å². The van der Waals surface area contributed by atoms with E-state index in [9.17, 15) is 38.4 Å². The maximum Gasteiger partial charge on any atom is 0.334 e. The first kappa shape index (κ1) is 43.0. The molecule has 3 fully saturated rings. The van der Waals surface area contributed by atoms with Crippen LogP contribution in [0.4, 0.5) is 0 Å². The Labute approximate surface area is 299 Å². The minimum Gasteiger partial charge on any atom is -0.481 e. The first-order valence-electron chi connectivity index (χ1n) is 18.3. The van der Waals surface area contributed by atoms with Gasteiger partial charge in [-0.2, -0.15) is 0 Å². The zero-order valence-corrected chi connectivity index (χ0v) is 30.2. The van der Waals surface area contributed by atoms with Crippen LogP contribution < -0.4 is 21.3 Å². The molecule has 51 heavy (non-hydrogen) atoms. The molecule has 0 aliphatic carbocycles. The third-order valence-corrected chi connectivity index (χ3v) is 8.74. The maximum atomic E-state index is 12.3. The van der Waals surface area contributed by atoms with E-state index in [0.29, 0.717) is 5.06 Å². The van der Waals surface area contributed by atoms with E-state index < -0.39 is 23.8 Å². The van der Waals surface area contributed by atoms with Gasteiger partial charge in [-0.15, -0.1) is 5.06 Å². The van der Waals surface area contributed by atoms with E-state index in [4.69, 9.17) is 9.94 Å². The number of carbonyl (C=O) groups is 8. The van der Waals surface area contributed by atoms with Crippen molar-refractivity contribution in [2.75, 3.05) is 52.4 Å².